The van der Waals surface area contributed by atoms with Crippen molar-refractivity contribution in [1.82, 2.24) is 16.0 Å². The summed E-state index contributed by atoms with van der Waals surface area (Å²) in [6.07, 6.45) is 0.739. The third-order valence-corrected chi connectivity index (χ3v) is 2.10. The van der Waals surface area contributed by atoms with Crippen LogP contribution < -0.4 is 16.0 Å². The van der Waals surface area contributed by atoms with Gasteiger partial charge in [-0.3, -0.25) is 10.6 Å². The largest absolute Gasteiger partial charge is 0.302 e. The fourth-order valence-corrected chi connectivity index (χ4v) is 1.52. The Morgan fingerprint density at radius 2 is 1.50 bits per heavy atom. The number of hydrogen-bond acceptors (Lipinski definition) is 3. The van der Waals surface area contributed by atoms with Crippen LogP contribution in [0.15, 0.2) is 0 Å². The van der Waals surface area contributed by atoms with Gasteiger partial charge in [0, 0.05) is 6.04 Å². The van der Waals surface area contributed by atoms with E-state index in [1.54, 1.807) is 0 Å². The van der Waals surface area contributed by atoms with Crippen LogP contribution in [0.25, 0.3) is 0 Å². The first-order valence-electron chi connectivity index (χ1n) is 5.72. The molecule has 0 amide bonds. The predicted molar refractivity (Wildman–Crippen MR) is 63.2 cm³/mol. The van der Waals surface area contributed by atoms with Crippen LogP contribution in [0.1, 0.15) is 41.5 Å². The van der Waals surface area contributed by atoms with Crippen molar-refractivity contribution in [3.8, 4) is 0 Å². The molecule has 3 nitrogen and oxygen atoms in total. The average molecular weight is 201 g/mol. The summed E-state index contributed by atoms with van der Waals surface area (Å²) in [7, 11) is 0. The van der Waals surface area contributed by atoms with Gasteiger partial charge in [0.25, 0.3) is 0 Å². The van der Waals surface area contributed by atoms with Crippen molar-refractivity contribution in [2.45, 2.75) is 59.9 Å². The van der Waals surface area contributed by atoms with Crippen molar-refractivity contribution in [1.29, 1.82) is 0 Å². The van der Waals surface area contributed by atoms with Crippen molar-refractivity contribution in [3.63, 3.8) is 0 Å². The molecule has 0 aliphatic heterocycles. The highest BCUT2D eigenvalue weighted by molar-refractivity contribution is 4.71. The summed E-state index contributed by atoms with van der Waals surface area (Å²) in [4.78, 5) is 0. The Kier molecular flexibility index (Phi) is 7.15. The van der Waals surface area contributed by atoms with Crippen LogP contribution >= 0.6 is 0 Å². The Hall–Kier alpha value is -0.120. The Morgan fingerprint density at radius 1 is 0.929 bits per heavy atom. The predicted octanol–water partition coefficient (Wildman–Crippen LogP) is 1.51. The molecule has 2 atom stereocenters. The summed E-state index contributed by atoms with van der Waals surface area (Å²) in [5, 5.41) is 10.4. The second-order valence-electron chi connectivity index (χ2n) is 4.49. The molecule has 14 heavy (non-hydrogen) atoms. The summed E-state index contributed by atoms with van der Waals surface area (Å²) in [6, 6.07) is 0.520. The summed E-state index contributed by atoms with van der Waals surface area (Å²) < 4.78 is 0. The maximum Gasteiger partial charge on any atom is 0.0607 e. The maximum atomic E-state index is 3.53. The van der Waals surface area contributed by atoms with Crippen molar-refractivity contribution in [3.05, 3.63) is 0 Å². The van der Waals surface area contributed by atoms with Crippen LogP contribution in [0.3, 0.4) is 0 Å². The molecule has 0 aromatic rings. The van der Waals surface area contributed by atoms with Gasteiger partial charge in [-0.25, -0.2) is 0 Å². The van der Waals surface area contributed by atoms with E-state index >= 15 is 0 Å². The fourth-order valence-electron chi connectivity index (χ4n) is 1.52. The van der Waals surface area contributed by atoms with Crippen molar-refractivity contribution in [2.24, 2.45) is 5.92 Å². The third kappa shape index (κ3) is 6.35. The van der Waals surface area contributed by atoms with Crippen LogP contribution in [-0.2, 0) is 0 Å². The molecule has 86 valence electrons. The first-order chi connectivity index (χ1) is 6.47. The monoisotopic (exact) mass is 201 g/mol. The molecule has 0 fully saturated rings. The van der Waals surface area contributed by atoms with E-state index in [9.17, 15) is 0 Å². The molecule has 0 rings (SSSR count). The molecule has 3 heteroatoms. The van der Waals surface area contributed by atoms with Crippen LogP contribution in [0.5, 0.6) is 0 Å². The van der Waals surface area contributed by atoms with Gasteiger partial charge in [0.05, 0.1) is 12.3 Å². The first-order valence-corrected chi connectivity index (χ1v) is 5.72. The molecule has 0 spiro atoms. The molecule has 0 aromatic heterocycles. The summed E-state index contributed by atoms with van der Waals surface area (Å²) in [6.45, 7) is 14.1. The first kappa shape index (κ1) is 13.9. The lowest BCUT2D eigenvalue weighted by Gasteiger charge is -2.28. The molecular formula is C11H27N3. The van der Waals surface area contributed by atoms with Crippen molar-refractivity contribution in [2.75, 3.05) is 6.54 Å². The zero-order valence-corrected chi connectivity index (χ0v) is 10.5. The number of hydrogen-bond donors (Lipinski definition) is 3. The van der Waals surface area contributed by atoms with Gasteiger partial charge in [0.1, 0.15) is 0 Å². The summed E-state index contributed by atoms with van der Waals surface area (Å²) >= 11 is 0. The minimum atomic E-state index is 0.349. The SMILES string of the molecule is CCNC(NC(C)NC(C)C)C(C)C. The van der Waals surface area contributed by atoms with E-state index in [-0.39, 0.29) is 0 Å². The normalized spacial score (nSPS) is 16.3. The fraction of sp³-hybridized carbons (Fsp3) is 1.00. The van der Waals surface area contributed by atoms with Gasteiger partial charge in [0.2, 0.25) is 0 Å². The van der Waals surface area contributed by atoms with E-state index in [4.69, 9.17) is 0 Å². The molecule has 0 aliphatic rings. The lowest BCUT2D eigenvalue weighted by molar-refractivity contribution is 0.280. The summed E-state index contributed by atoms with van der Waals surface area (Å²) in [5.41, 5.74) is 0. The van der Waals surface area contributed by atoms with E-state index in [0.29, 0.717) is 24.3 Å². The second kappa shape index (κ2) is 7.21. The minimum Gasteiger partial charge on any atom is -0.302 e. The van der Waals surface area contributed by atoms with Gasteiger partial charge in [0.15, 0.2) is 0 Å². The standard InChI is InChI=1S/C11H27N3/c1-7-12-11(8(2)3)14-10(6)13-9(4)5/h8-14H,7H2,1-6H3. The van der Waals surface area contributed by atoms with E-state index in [0.717, 1.165) is 6.54 Å². The molecule has 2 unspecified atom stereocenters. The van der Waals surface area contributed by atoms with Crippen LogP contribution in [0.2, 0.25) is 0 Å². The van der Waals surface area contributed by atoms with Crippen molar-refractivity contribution < 1.29 is 0 Å². The summed E-state index contributed by atoms with van der Waals surface area (Å²) in [5.74, 6) is 0.603. The van der Waals surface area contributed by atoms with Crippen LogP contribution in [-0.4, -0.2) is 24.9 Å². The molecule has 0 bridgehead atoms. The van der Waals surface area contributed by atoms with Gasteiger partial charge in [-0.05, 0) is 33.2 Å². The molecule has 0 aliphatic carbocycles. The van der Waals surface area contributed by atoms with Gasteiger partial charge in [-0.1, -0.05) is 20.8 Å². The van der Waals surface area contributed by atoms with E-state index in [2.05, 4.69) is 57.5 Å². The van der Waals surface area contributed by atoms with Crippen LogP contribution in [0, 0.1) is 5.92 Å². The smallest absolute Gasteiger partial charge is 0.0607 e. The highest BCUT2D eigenvalue weighted by Gasteiger charge is 2.14. The Balaban J connectivity index is 3.89. The molecule has 0 radical (unpaired) electrons. The van der Waals surface area contributed by atoms with E-state index in [1.807, 2.05) is 0 Å². The average Bonchev–Trinajstić information content (AvgIpc) is 2.01. The van der Waals surface area contributed by atoms with E-state index in [1.165, 1.54) is 0 Å². The zero-order chi connectivity index (χ0) is 11.1. The van der Waals surface area contributed by atoms with Crippen LogP contribution in [0.4, 0.5) is 0 Å². The van der Waals surface area contributed by atoms with Gasteiger partial charge in [-0.2, -0.15) is 0 Å². The second-order valence-corrected chi connectivity index (χ2v) is 4.49. The molecule has 0 aromatic carbocycles. The molecular weight excluding hydrogens is 174 g/mol. The van der Waals surface area contributed by atoms with Gasteiger partial charge < -0.3 is 5.32 Å². The van der Waals surface area contributed by atoms with Gasteiger partial charge >= 0.3 is 0 Å². The lowest BCUT2D eigenvalue weighted by Crippen LogP contribution is -2.55. The topological polar surface area (TPSA) is 36.1 Å². The third-order valence-electron chi connectivity index (χ3n) is 2.10. The maximum absolute atomic E-state index is 3.53. The Morgan fingerprint density at radius 3 is 1.86 bits per heavy atom. The highest BCUT2D eigenvalue weighted by atomic mass is 15.2. The Bertz CT molecular complexity index is 134. The van der Waals surface area contributed by atoms with Crippen molar-refractivity contribution >= 4 is 0 Å². The molecule has 3 N–H and O–H groups in total. The van der Waals surface area contributed by atoms with Gasteiger partial charge in [-0.15, -0.1) is 0 Å². The molecule has 0 heterocycles. The zero-order valence-electron chi connectivity index (χ0n) is 10.5. The Labute approximate surface area is 89.0 Å². The number of rotatable bonds is 7. The van der Waals surface area contributed by atoms with E-state index < -0.39 is 0 Å². The minimum absolute atomic E-state index is 0.349. The highest BCUT2D eigenvalue weighted by Crippen LogP contribution is 1.98. The quantitative estimate of drug-likeness (QED) is 0.547. The number of nitrogens with one attached hydrogen (secondary N) is 3. The molecule has 0 saturated carbocycles. The molecule has 0 saturated heterocycles. The lowest BCUT2D eigenvalue weighted by atomic mass is 10.1.